The zero-order valence-electron chi connectivity index (χ0n) is 8.47. The normalized spacial score (nSPS) is 26.5. The predicted octanol–water partition coefficient (Wildman–Crippen LogP) is 2.00. The van der Waals surface area contributed by atoms with Crippen molar-refractivity contribution in [3.05, 3.63) is 16.1 Å². The molecule has 1 aromatic rings. The highest BCUT2D eigenvalue weighted by Crippen LogP contribution is 2.34. The van der Waals surface area contributed by atoms with Gasteiger partial charge in [-0.05, 0) is 19.8 Å². The van der Waals surface area contributed by atoms with Crippen LogP contribution in [-0.2, 0) is 9.53 Å². The van der Waals surface area contributed by atoms with E-state index in [0.717, 1.165) is 17.1 Å². The van der Waals surface area contributed by atoms with Crippen LogP contribution < -0.4 is 0 Å². The van der Waals surface area contributed by atoms with E-state index in [9.17, 15) is 4.79 Å². The summed E-state index contributed by atoms with van der Waals surface area (Å²) in [6, 6.07) is 0. The molecule has 2 rings (SSSR count). The standard InChI is InChI=1S/C10H13NO3S/c1-6-11-8(5-15-6)9-7(10(12)13)3-2-4-14-9/h5,7,9H,2-4H2,1H3,(H,12,13). The molecule has 0 saturated carbocycles. The molecule has 2 heterocycles. The molecule has 1 N–H and O–H groups in total. The minimum atomic E-state index is -0.787. The second-order valence-corrected chi connectivity index (χ2v) is 4.73. The number of aliphatic carboxylic acids is 1. The molecule has 82 valence electrons. The van der Waals surface area contributed by atoms with Crippen molar-refractivity contribution >= 4 is 17.3 Å². The Balaban J connectivity index is 2.21. The number of nitrogens with zero attached hydrogens (tertiary/aromatic N) is 1. The van der Waals surface area contributed by atoms with E-state index in [1.54, 1.807) is 0 Å². The van der Waals surface area contributed by atoms with E-state index >= 15 is 0 Å². The Morgan fingerprint density at radius 1 is 1.73 bits per heavy atom. The van der Waals surface area contributed by atoms with Crippen molar-refractivity contribution in [2.45, 2.75) is 25.9 Å². The van der Waals surface area contributed by atoms with Crippen molar-refractivity contribution in [2.24, 2.45) is 5.92 Å². The van der Waals surface area contributed by atoms with Gasteiger partial charge in [0, 0.05) is 12.0 Å². The number of rotatable bonds is 2. The van der Waals surface area contributed by atoms with Crippen LogP contribution in [0.4, 0.5) is 0 Å². The Labute approximate surface area is 91.9 Å². The summed E-state index contributed by atoms with van der Waals surface area (Å²) in [5.74, 6) is -1.23. The van der Waals surface area contributed by atoms with Gasteiger partial charge in [-0.2, -0.15) is 0 Å². The molecule has 1 aliphatic rings. The van der Waals surface area contributed by atoms with Gasteiger partial charge in [-0.3, -0.25) is 4.79 Å². The van der Waals surface area contributed by atoms with Crippen LogP contribution in [0.5, 0.6) is 0 Å². The van der Waals surface area contributed by atoms with Crippen LogP contribution in [0.1, 0.15) is 29.6 Å². The summed E-state index contributed by atoms with van der Waals surface area (Å²) in [5, 5.41) is 11.9. The maximum atomic E-state index is 11.0. The summed E-state index contributed by atoms with van der Waals surface area (Å²) in [5.41, 5.74) is 0.768. The van der Waals surface area contributed by atoms with Crippen molar-refractivity contribution in [3.8, 4) is 0 Å². The third-order valence-corrected chi connectivity index (χ3v) is 3.36. The van der Waals surface area contributed by atoms with E-state index in [-0.39, 0.29) is 6.10 Å². The largest absolute Gasteiger partial charge is 0.481 e. The zero-order valence-corrected chi connectivity index (χ0v) is 9.29. The van der Waals surface area contributed by atoms with Crippen molar-refractivity contribution in [1.82, 2.24) is 4.98 Å². The predicted molar refractivity (Wildman–Crippen MR) is 55.9 cm³/mol. The van der Waals surface area contributed by atoms with E-state index in [0.29, 0.717) is 13.0 Å². The molecule has 2 unspecified atom stereocenters. The number of aromatic nitrogens is 1. The molecule has 0 aliphatic carbocycles. The molecular weight excluding hydrogens is 214 g/mol. The topological polar surface area (TPSA) is 59.4 Å². The molecule has 0 radical (unpaired) electrons. The molecule has 5 heteroatoms. The van der Waals surface area contributed by atoms with Crippen LogP contribution >= 0.6 is 11.3 Å². The number of thiazole rings is 1. The molecule has 1 saturated heterocycles. The molecule has 2 atom stereocenters. The Bertz CT molecular complexity index is 363. The van der Waals surface area contributed by atoms with Gasteiger partial charge in [-0.1, -0.05) is 0 Å². The first kappa shape index (κ1) is 10.6. The Morgan fingerprint density at radius 3 is 3.13 bits per heavy atom. The molecule has 1 aromatic heterocycles. The van der Waals surface area contributed by atoms with Gasteiger partial charge in [0.2, 0.25) is 0 Å². The van der Waals surface area contributed by atoms with Crippen LogP contribution in [0.25, 0.3) is 0 Å². The summed E-state index contributed by atoms with van der Waals surface area (Å²) in [4.78, 5) is 15.3. The van der Waals surface area contributed by atoms with Gasteiger partial charge in [0.05, 0.1) is 16.6 Å². The van der Waals surface area contributed by atoms with Crippen molar-refractivity contribution < 1.29 is 14.6 Å². The van der Waals surface area contributed by atoms with Gasteiger partial charge in [0.15, 0.2) is 0 Å². The molecule has 1 fully saturated rings. The summed E-state index contributed by atoms with van der Waals surface area (Å²) in [7, 11) is 0. The lowest BCUT2D eigenvalue weighted by atomic mass is 9.93. The maximum Gasteiger partial charge on any atom is 0.309 e. The van der Waals surface area contributed by atoms with Crippen LogP contribution in [-0.4, -0.2) is 22.7 Å². The highest BCUT2D eigenvalue weighted by molar-refractivity contribution is 7.09. The minimum Gasteiger partial charge on any atom is -0.481 e. The second kappa shape index (κ2) is 4.28. The zero-order chi connectivity index (χ0) is 10.8. The lowest BCUT2D eigenvalue weighted by Gasteiger charge is -2.27. The van der Waals surface area contributed by atoms with Crippen LogP contribution in [0.2, 0.25) is 0 Å². The van der Waals surface area contributed by atoms with Crippen molar-refractivity contribution in [1.29, 1.82) is 0 Å². The number of hydrogen-bond donors (Lipinski definition) is 1. The van der Waals surface area contributed by atoms with E-state index in [2.05, 4.69) is 4.98 Å². The van der Waals surface area contributed by atoms with Gasteiger partial charge in [0.1, 0.15) is 6.10 Å². The SMILES string of the molecule is Cc1nc(C2OCCCC2C(=O)O)cs1. The number of carboxylic acid groups (broad SMARTS) is 1. The number of ether oxygens (including phenoxy) is 1. The molecule has 0 amide bonds. The average molecular weight is 227 g/mol. The fraction of sp³-hybridized carbons (Fsp3) is 0.600. The summed E-state index contributed by atoms with van der Waals surface area (Å²) < 4.78 is 5.51. The Hall–Kier alpha value is -0.940. The summed E-state index contributed by atoms with van der Waals surface area (Å²) in [6.45, 7) is 2.54. The summed E-state index contributed by atoms with van der Waals surface area (Å²) in [6.07, 6.45) is 1.13. The first-order valence-electron chi connectivity index (χ1n) is 4.95. The van der Waals surface area contributed by atoms with Crippen LogP contribution in [0.15, 0.2) is 5.38 Å². The third-order valence-electron chi connectivity index (χ3n) is 2.57. The highest BCUT2D eigenvalue weighted by Gasteiger charge is 2.34. The second-order valence-electron chi connectivity index (χ2n) is 3.67. The van der Waals surface area contributed by atoms with Crippen LogP contribution in [0, 0.1) is 12.8 Å². The minimum absolute atomic E-state index is 0.360. The number of carboxylic acids is 1. The first-order chi connectivity index (χ1) is 7.18. The molecule has 15 heavy (non-hydrogen) atoms. The van der Waals surface area contributed by atoms with Crippen molar-refractivity contribution in [2.75, 3.05) is 6.61 Å². The third kappa shape index (κ3) is 2.18. The van der Waals surface area contributed by atoms with Crippen molar-refractivity contribution in [3.63, 3.8) is 0 Å². The Morgan fingerprint density at radius 2 is 2.53 bits per heavy atom. The van der Waals surface area contributed by atoms with E-state index in [1.165, 1.54) is 11.3 Å². The average Bonchev–Trinajstić information content (AvgIpc) is 2.65. The van der Waals surface area contributed by atoms with Gasteiger partial charge in [0.25, 0.3) is 0 Å². The van der Waals surface area contributed by atoms with Gasteiger partial charge >= 0.3 is 5.97 Å². The van der Waals surface area contributed by atoms with Crippen LogP contribution in [0.3, 0.4) is 0 Å². The lowest BCUT2D eigenvalue weighted by Crippen LogP contribution is -2.29. The number of aryl methyl sites for hydroxylation is 1. The molecule has 0 spiro atoms. The first-order valence-corrected chi connectivity index (χ1v) is 5.83. The molecule has 0 aromatic carbocycles. The fourth-order valence-electron chi connectivity index (χ4n) is 1.84. The molecule has 4 nitrogen and oxygen atoms in total. The van der Waals surface area contributed by atoms with E-state index in [1.807, 2.05) is 12.3 Å². The molecule has 0 bridgehead atoms. The van der Waals surface area contributed by atoms with Gasteiger partial charge < -0.3 is 9.84 Å². The Kier molecular flexibility index (Phi) is 3.02. The quantitative estimate of drug-likeness (QED) is 0.839. The maximum absolute atomic E-state index is 11.0. The number of hydrogen-bond acceptors (Lipinski definition) is 4. The number of carbonyl (C=O) groups is 1. The van der Waals surface area contributed by atoms with Gasteiger partial charge in [-0.25, -0.2) is 4.98 Å². The summed E-state index contributed by atoms with van der Waals surface area (Å²) >= 11 is 1.53. The lowest BCUT2D eigenvalue weighted by molar-refractivity contribution is -0.152. The van der Waals surface area contributed by atoms with E-state index < -0.39 is 11.9 Å². The monoisotopic (exact) mass is 227 g/mol. The van der Waals surface area contributed by atoms with Gasteiger partial charge in [-0.15, -0.1) is 11.3 Å². The molecular formula is C10H13NO3S. The smallest absolute Gasteiger partial charge is 0.309 e. The highest BCUT2D eigenvalue weighted by atomic mass is 32.1. The molecule has 1 aliphatic heterocycles. The van der Waals surface area contributed by atoms with E-state index in [4.69, 9.17) is 9.84 Å². The fourth-order valence-corrected chi connectivity index (χ4v) is 2.47.